The smallest absolute Gasteiger partial charge is 0.287 e. The number of amides is 1. The minimum absolute atomic E-state index is 0.125. The van der Waals surface area contributed by atoms with E-state index in [2.05, 4.69) is 5.32 Å². The van der Waals surface area contributed by atoms with Gasteiger partial charge in [-0.25, -0.2) is 0 Å². The van der Waals surface area contributed by atoms with Crippen LogP contribution in [-0.4, -0.2) is 12.5 Å². The van der Waals surface area contributed by atoms with Crippen molar-refractivity contribution in [2.24, 2.45) is 5.92 Å². The largest absolute Gasteiger partial charge is 0.456 e. The first-order valence-corrected chi connectivity index (χ1v) is 7.17. The number of halogens is 1. The Balaban J connectivity index is 1.86. The highest BCUT2D eigenvalue weighted by Gasteiger charge is 2.17. The number of aryl methyl sites for hydroxylation is 1. The van der Waals surface area contributed by atoms with Gasteiger partial charge >= 0.3 is 0 Å². The highest BCUT2D eigenvalue weighted by Crippen LogP contribution is 2.23. The van der Waals surface area contributed by atoms with Crippen molar-refractivity contribution in [2.45, 2.75) is 44.9 Å². The fourth-order valence-electron chi connectivity index (χ4n) is 2.48. The molecule has 1 aromatic heterocycles. The molecule has 18 heavy (non-hydrogen) atoms. The van der Waals surface area contributed by atoms with Crippen LogP contribution < -0.4 is 5.32 Å². The van der Waals surface area contributed by atoms with E-state index >= 15 is 0 Å². The molecular weight excluding hydrogens is 250 g/mol. The minimum Gasteiger partial charge on any atom is -0.456 e. The van der Waals surface area contributed by atoms with Crippen LogP contribution in [0.25, 0.3) is 0 Å². The number of carbonyl (C=O) groups is 1. The average Bonchev–Trinajstić information content (AvgIpc) is 2.78. The summed E-state index contributed by atoms with van der Waals surface area (Å²) >= 11 is 5.76. The van der Waals surface area contributed by atoms with Crippen molar-refractivity contribution in [1.82, 2.24) is 5.32 Å². The lowest BCUT2D eigenvalue weighted by Gasteiger charge is -2.21. The van der Waals surface area contributed by atoms with Crippen LogP contribution >= 0.6 is 11.6 Å². The summed E-state index contributed by atoms with van der Waals surface area (Å²) in [5, 5.41) is 2.96. The highest BCUT2D eigenvalue weighted by molar-refractivity contribution is 6.17. The van der Waals surface area contributed by atoms with E-state index in [1.54, 1.807) is 6.07 Å². The maximum atomic E-state index is 11.9. The molecule has 0 spiro atoms. The second-order valence-electron chi connectivity index (χ2n) is 5.04. The molecule has 1 saturated carbocycles. The maximum absolute atomic E-state index is 11.9. The first-order valence-electron chi connectivity index (χ1n) is 6.64. The van der Waals surface area contributed by atoms with Crippen LogP contribution in [0, 0.1) is 12.8 Å². The van der Waals surface area contributed by atoms with Gasteiger partial charge in [-0.15, -0.1) is 11.6 Å². The van der Waals surface area contributed by atoms with Crippen molar-refractivity contribution in [2.75, 3.05) is 6.54 Å². The topological polar surface area (TPSA) is 42.2 Å². The molecule has 0 aliphatic heterocycles. The average molecular weight is 270 g/mol. The van der Waals surface area contributed by atoms with Gasteiger partial charge in [0.25, 0.3) is 5.91 Å². The van der Waals surface area contributed by atoms with Gasteiger partial charge in [-0.2, -0.15) is 0 Å². The van der Waals surface area contributed by atoms with E-state index in [4.69, 9.17) is 16.0 Å². The molecule has 0 bridgehead atoms. The molecule has 1 N–H and O–H groups in total. The van der Waals surface area contributed by atoms with Gasteiger partial charge in [0.2, 0.25) is 0 Å². The normalized spacial score (nSPS) is 16.8. The van der Waals surface area contributed by atoms with E-state index in [0.29, 0.717) is 17.6 Å². The van der Waals surface area contributed by atoms with Crippen LogP contribution in [0.15, 0.2) is 10.5 Å². The molecule has 1 aromatic rings. The molecule has 1 aliphatic rings. The third-order valence-electron chi connectivity index (χ3n) is 3.66. The Kier molecular flexibility index (Phi) is 4.70. The van der Waals surface area contributed by atoms with Crippen molar-refractivity contribution < 1.29 is 9.21 Å². The molecule has 100 valence electrons. The lowest BCUT2D eigenvalue weighted by atomic mass is 9.89. The molecule has 3 nitrogen and oxygen atoms in total. The summed E-state index contributed by atoms with van der Waals surface area (Å²) in [4.78, 5) is 11.9. The van der Waals surface area contributed by atoms with Gasteiger partial charge in [0.15, 0.2) is 5.76 Å². The summed E-state index contributed by atoms with van der Waals surface area (Å²) in [6, 6.07) is 1.73. The summed E-state index contributed by atoms with van der Waals surface area (Å²) < 4.78 is 5.41. The van der Waals surface area contributed by atoms with Crippen molar-refractivity contribution in [1.29, 1.82) is 0 Å². The van der Waals surface area contributed by atoms with Crippen LogP contribution in [0.4, 0.5) is 0 Å². The second kappa shape index (κ2) is 6.28. The van der Waals surface area contributed by atoms with Crippen molar-refractivity contribution in [3.63, 3.8) is 0 Å². The molecule has 1 heterocycles. The Bertz CT molecular complexity index is 408. The van der Waals surface area contributed by atoms with Crippen LogP contribution in [0.5, 0.6) is 0 Å². The number of rotatable bonds is 4. The van der Waals surface area contributed by atoms with Gasteiger partial charge in [-0.1, -0.05) is 19.3 Å². The molecule has 0 unspecified atom stereocenters. The van der Waals surface area contributed by atoms with E-state index in [9.17, 15) is 4.79 Å². The third-order valence-corrected chi connectivity index (χ3v) is 3.95. The molecule has 1 amide bonds. The van der Waals surface area contributed by atoms with E-state index in [0.717, 1.165) is 17.9 Å². The summed E-state index contributed by atoms with van der Waals surface area (Å²) in [6.07, 6.45) is 6.36. The Morgan fingerprint density at radius 1 is 1.44 bits per heavy atom. The molecule has 0 aromatic carbocycles. The molecule has 0 saturated heterocycles. The summed E-state index contributed by atoms with van der Waals surface area (Å²) in [7, 11) is 0. The first-order chi connectivity index (χ1) is 8.70. The van der Waals surface area contributed by atoms with Gasteiger partial charge < -0.3 is 9.73 Å². The number of carbonyl (C=O) groups excluding carboxylic acids is 1. The van der Waals surface area contributed by atoms with E-state index in [-0.39, 0.29) is 5.91 Å². The summed E-state index contributed by atoms with van der Waals surface area (Å²) in [5.74, 6) is 1.99. The van der Waals surface area contributed by atoms with Crippen molar-refractivity contribution in [3.8, 4) is 0 Å². The molecule has 0 radical (unpaired) electrons. The SMILES string of the molecule is Cc1oc(C(=O)NCC2CCCCC2)cc1CCl. The Morgan fingerprint density at radius 2 is 2.17 bits per heavy atom. The van der Waals surface area contributed by atoms with Gasteiger partial charge in [0, 0.05) is 12.1 Å². The Morgan fingerprint density at radius 3 is 2.78 bits per heavy atom. The molecule has 2 rings (SSSR count). The lowest BCUT2D eigenvalue weighted by molar-refractivity contribution is 0.0914. The number of hydrogen-bond donors (Lipinski definition) is 1. The predicted molar refractivity (Wildman–Crippen MR) is 71.9 cm³/mol. The summed E-state index contributed by atoms with van der Waals surface area (Å²) in [5.41, 5.74) is 0.888. The zero-order valence-corrected chi connectivity index (χ0v) is 11.6. The fourth-order valence-corrected chi connectivity index (χ4v) is 2.75. The number of hydrogen-bond acceptors (Lipinski definition) is 2. The first kappa shape index (κ1) is 13.5. The zero-order valence-electron chi connectivity index (χ0n) is 10.8. The fraction of sp³-hybridized carbons (Fsp3) is 0.643. The van der Waals surface area contributed by atoms with Gasteiger partial charge in [0.05, 0.1) is 5.88 Å². The number of alkyl halides is 1. The molecule has 1 fully saturated rings. The van der Waals surface area contributed by atoms with E-state index < -0.39 is 0 Å². The molecule has 0 atom stereocenters. The van der Waals surface area contributed by atoms with Crippen molar-refractivity contribution in [3.05, 3.63) is 23.2 Å². The number of furan rings is 1. The summed E-state index contributed by atoms with van der Waals surface area (Å²) in [6.45, 7) is 2.59. The molecular formula is C14H20ClNO2. The highest BCUT2D eigenvalue weighted by atomic mass is 35.5. The lowest BCUT2D eigenvalue weighted by Crippen LogP contribution is -2.29. The van der Waals surface area contributed by atoms with Crippen molar-refractivity contribution >= 4 is 17.5 Å². The monoisotopic (exact) mass is 269 g/mol. The Labute approximate surface area is 113 Å². The molecule has 4 heteroatoms. The van der Waals surface area contributed by atoms with Gasteiger partial charge in [-0.05, 0) is 31.7 Å². The van der Waals surface area contributed by atoms with Crippen LogP contribution in [0.2, 0.25) is 0 Å². The predicted octanol–water partition coefficient (Wildman–Crippen LogP) is 3.64. The third kappa shape index (κ3) is 3.29. The second-order valence-corrected chi connectivity index (χ2v) is 5.31. The van der Waals surface area contributed by atoms with Crippen LogP contribution in [-0.2, 0) is 5.88 Å². The zero-order chi connectivity index (χ0) is 13.0. The maximum Gasteiger partial charge on any atom is 0.287 e. The van der Waals surface area contributed by atoms with Gasteiger partial charge in [-0.3, -0.25) is 4.79 Å². The van der Waals surface area contributed by atoms with Crippen LogP contribution in [0.3, 0.4) is 0 Å². The molecule has 1 aliphatic carbocycles. The minimum atomic E-state index is -0.125. The van der Waals surface area contributed by atoms with Gasteiger partial charge in [0.1, 0.15) is 5.76 Å². The Hall–Kier alpha value is -0.960. The quantitative estimate of drug-likeness (QED) is 0.848. The standard InChI is InChI=1S/C14H20ClNO2/c1-10-12(8-15)7-13(18-10)14(17)16-9-11-5-3-2-4-6-11/h7,11H,2-6,8-9H2,1H3,(H,16,17). The van der Waals surface area contributed by atoms with E-state index in [1.807, 2.05) is 6.92 Å². The van der Waals surface area contributed by atoms with Crippen LogP contribution in [0.1, 0.15) is 54.0 Å². The number of nitrogens with one attached hydrogen (secondary N) is 1. The van der Waals surface area contributed by atoms with E-state index in [1.165, 1.54) is 32.1 Å².